The van der Waals surface area contributed by atoms with Crippen LogP contribution < -0.4 is 5.32 Å². The summed E-state index contributed by atoms with van der Waals surface area (Å²) in [5.74, 6) is -0.602. The third-order valence-corrected chi connectivity index (χ3v) is 3.47. The number of anilines is 1. The first-order valence-electron chi connectivity index (χ1n) is 6.92. The predicted octanol–water partition coefficient (Wildman–Crippen LogP) is 3.43. The number of aromatic hydroxyl groups is 2. The summed E-state index contributed by atoms with van der Waals surface area (Å²) in [5.41, 5.74) is 1.39. The Morgan fingerprint density at radius 3 is 2.50 bits per heavy atom. The number of carbonyl (C=O) groups excluding carboxylic acids is 1. The number of amides is 1. The molecule has 3 N–H and O–H groups in total. The quantitative estimate of drug-likeness (QED) is 0.648. The van der Waals surface area contributed by atoms with E-state index in [9.17, 15) is 15.0 Å². The van der Waals surface area contributed by atoms with Gasteiger partial charge in [-0.2, -0.15) is 0 Å². The first kappa shape index (κ1) is 13.9. The molecule has 0 unspecified atom stereocenters. The van der Waals surface area contributed by atoms with E-state index in [-0.39, 0.29) is 23.8 Å². The summed E-state index contributed by atoms with van der Waals surface area (Å²) in [4.78, 5) is 12.2. The molecule has 0 fully saturated rings. The van der Waals surface area contributed by atoms with Crippen molar-refractivity contribution in [3.05, 3.63) is 66.2 Å². The Balaban J connectivity index is 1.80. The van der Waals surface area contributed by atoms with Crippen LogP contribution >= 0.6 is 0 Å². The fraction of sp³-hybridized carbons (Fsp3) is 0.0556. The summed E-state index contributed by atoms with van der Waals surface area (Å²) in [5, 5.41) is 23.7. The molecular formula is C18H15NO3. The van der Waals surface area contributed by atoms with Crippen molar-refractivity contribution in [3.8, 4) is 11.5 Å². The maximum absolute atomic E-state index is 12.2. The largest absolute Gasteiger partial charge is 0.504 e. The van der Waals surface area contributed by atoms with Crippen LogP contribution in [0.4, 0.5) is 5.69 Å². The molecule has 0 spiro atoms. The number of hydrogen-bond acceptors (Lipinski definition) is 3. The maximum Gasteiger partial charge on any atom is 0.228 e. The van der Waals surface area contributed by atoms with Crippen LogP contribution in [-0.4, -0.2) is 16.1 Å². The highest BCUT2D eigenvalue weighted by Crippen LogP contribution is 2.26. The Hall–Kier alpha value is -3.01. The molecule has 0 heterocycles. The maximum atomic E-state index is 12.2. The zero-order chi connectivity index (χ0) is 15.5. The molecule has 22 heavy (non-hydrogen) atoms. The van der Waals surface area contributed by atoms with E-state index in [2.05, 4.69) is 5.32 Å². The highest BCUT2D eigenvalue weighted by molar-refractivity contribution is 6.02. The van der Waals surface area contributed by atoms with E-state index in [4.69, 9.17) is 0 Å². The standard InChI is InChI=1S/C18H15NO3/c20-16-9-8-12(10-17(16)21)11-18(22)19-15-7-3-5-13-4-1-2-6-14(13)15/h1-10,20-21H,11H2,(H,19,22). The van der Waals surface area contributed by atoms with Gasteiger partial charge < -0.3 is 15.5 Å². The van der Waals surface area contributed by atoms with E-state index < -0.39 is 0 Å². The average molecular weight is 293 g/mol. The van der Waals surface area contributed by atoms with Crippen molar-refractivity contribution in [2.75, 3.05) is 5.32 Å². The van der Waals surface area contributed by atoms with Crippen molar-refractivity contribution in [2.24, 2.45) is 0 Å². The second-order valence-corrected chi connectivity index (χ2v) is 5.07. The van der Waals surface area contributed by atoms with E-state index in [0.29, 0.717) is 5.56 Å². The van der Waals surface area contributed by atoms with E-state index in [1.54, 1.807) is 6.07 Å². The zero-order valence-corrected chi connectivity index (χ0v) is 11.8. The van der Waals surface area contributed by atoms with Gasteiger partial charge in [-0.15, -0.1) is 0 Å². The van der Waals surface area contributed by atoms with Crippen molar-refractivity contribution in [2.45, 2.75) is 6.42 Å². The number of rotatable bonds is 3. The summed E-state index contributed by atoms with van der Waals surface area (Å²) >= 11 is 0. The molecule has 0 atom stereocenters. The molecular weight excluding hydrogens is 278 g/mol. The second-order valence-electron chi connectivity index (χ2n) is 5.07. The molecule has 0 aliphatic carbocycles. The summed E-state index contributed by atoms with van der Waals surface area (Å²) in [6.45, 7) is 0. The Morgan fingerprint density at radius 2 is 1.68 bits per heavy atom. The molecule has 0 aromatic heterocycles. The Bertz CT molecular complexity index is 837. The fourth-order valence-corrected chi connectivity index (χ4v) is 2.39. The lowest BCUT2D eigenvalue weighted by Crippen LogP contribution is -2.14. The first-order valence-corrected chi connectivity index (χ1v) is 6.92. The zero-order valence-electron chi connectivity index (χ0n) is 11.8. The van der Waals surface area contributed by atoms with E-state index in [1.165, 1.54) is 12.1 Å². The highest BCUT2D eigenvalue weighted by Gasteiger charge is 2.08. The summed E-state index contributed by atoms with van der Waals surface area (Å²) < 4.78 is 0. The molecule has 0 radical (unpaired) electrons. The molecule has 3 aromatic rings. The molecule has 0 saturated carbocycles. The Kier molecular flexibility index (Phi) is 3.66. The highest BCUT2D eigenvalue weighted by atomic mass is 16.3. The summed E-state index contributed by atoms with van der Waals surface area (Å²) in [6.07, 6.45) is 0.122. The summed E-state index contributed by atoms with van der Waals surface area (Å²) in [6, 6.07) is 17.9. The van der Waals surface area contributed by atoms with Gasteiger partial charge in [-0.05, 0) is 29.1 Å². The van der Waals surface area contributed by atoms with Crippen molar-refractivity contribution in [1.82, 2.24) is 0 Å². The van der Waals surface area contributed by atoms with Gasteiger partial charge in [0, 0.05) is 11.1 Å². The minimum absolute atomic E-state index is 0.122. The van der Waals surface area contributed by atoms with Crippen LogP contribution in [-0.2, 0) is 11.2 Å². The van der Waals surface area contributed by atoms with Gasteiger partial charge in [-0.1, -0.05) is 42.5 Å². The smallest absolute Gasteiger partial charge is 0.228 e. The van der Waals surface area contributed by atoms with Crippen LogP contribution in [0.1, 0.15) is 5.56 Å². The molecule has 0 saturated heterocycles. The van der Waals surface area contributed by atoms with E-state index in [0.717, 1.165) is 16.5 Å². The number of benzene rings is 3. The molecule has 3 aromatic carbocycles. The third kappa shape index (κ3) is 2.86. The number of fused-ring (bicyclic) bond motifs is 1. The lowest BCUT2D eigenvalue weighted by atomic mass is 10.1. The normalized spacial score (nSPS) is 10.5. The average Bonchev–Trinajstić information content (AvgIpc) is 2.51. The van der Waals surface area contributed by atoms with Gasteiger partial charge in [0.05, 0.1) is 6.42 Å². The number of phenols is 2. The van der Waals surface area contributed by atoms with Gasteiger partial charge in [0.25, 0.3) is 0 Å². The number of hydrogen-bond donors (Lipinski definition) is 3. The molecule has 0 aliphatic heterocycles. The Labute approximate surface area is 127 Å². The number of carbonyl (C=O) groups is 1. The molecule has 4 heteroatoms. The van der Waals surface area contributed by atoms with Crippen molar-refractivity contribution < 1.29 is 15.0 Å². The number of nitrogens with one attached hydrogen (secondary N) is 1. The minimum Gasteiger partial charge on any atom is -0.504 e. The van der Waals surface area contributed by atoms with Crippen LogP contribution in [0.25, 0.3) is 10.8 Å². The van der Waals surface area contributed by atoms with Crippen molar-refractivity contribution in [1.29, 1.82) is 0 Å². The van der Waals surface area contributed by atoms with Crippen LogP contribution in [0.2, 0.25) is 0 Å². The molecule has 4 nitrogen and oxygen atoms in total. The first-order chi connectivity index (χ1) is 10.6. The van der Waals surface area contributed by atoms with Gasteiger partial charge in [0.15, 0.2) is 11.5 Å². The van der Waals surface area contributed by atoms with Gasteiger partial charge in [-0.3, -0.25) is 4.79 Å². The van der Waals surface area contributed by atoms with Crippen LogP contribution in [0.5, 0.6) is 11.5 Å². The lowest BCUT2D eigenvalue weighted by molar-refractivity contribution is -0.115. The molecule has 0 aliphatic rings. The molecule has 110 valence electrons. The van der Waals surface area contributed by atoms with Gasteiger partial charge >= 0.3 is 0 Å². The molecule has 1 amide bonds. The van der Waals surface area contributed by atoms with Crippen molar-refractivity contribution in [3.63, 3.8) is 0 Å². The third-order valence-electron chi connectivity index (χ3n) is 3.47. The Morgan fingerprint density at radius 1 is 0.909 bits per heavy atom. The number of phenolic OH excluding ortho intramolecular Hbond substituents is 2. The van der Waals surface area contributed by atoms with Crippen LogP contribution in [0.3, 0.4) is 0 Å². The van der Waals surface area contributed by atoms with Crippen LogP contribution in [0, 0.1) is 0 Å². The van der Waals surface area contributed by atoms with Gasteiger partial charge in [0.2, 0.25) is 5.91 Å². The monoisotopic (exact) mass is 293 g/mol. The lowest BCUT2D eigenvalue weighted by Gasteiger charge is -2.09. The van der Waals surface area contributed by atoms with Crippen molar-refractivity contribution >= 4 is 22.4 Å². The fourth-order valence-electron chi connectivity index (χ4n) is 2.39. The van der Waals surface area contributed by atoms with Gasteiger partial charge in [-0.25, -0.2) is 0 Å². The van der Waals surface area contributed by atoms with Gasteiger partial charge in [0.1, 0.15) is 0 Å². The second kappa shape index (κ2) is 5.77. The van der Waals surface area contributed by atoms with E-state index in [1.807, 2.05) is 42.5 Å². The molecule has 3 rings (SSSR count). The predicted molar refractivity (Wildman–Crippen MR) is 86.1 cm³/mol. The molecule has 0 bridgehead atoms. The van der Waals surface area contributed by atoms with Crippen LogP contribution in [0.15, 0.2) is 60.7 Å². The minimum atomic E-state index is -0.226. The summed E-state index contributed by atoms with van der Waals surface area (Å²) in [7, 11) is 0. The van der Waals surface area contributed by atoms with E-state index >= 15 is 0 Å². The SMILES string of the molecule is O=C(Cc1ccc(O)c(O)c1)Nc1cccc2ccccc12. The topological polar surface area (TPSA) is 69.6 Å².